The van der Waals surface area contributed by atoms with Crippen molar-refractivity contribution in [3.8, 4) is 17.2 Å². The average molecular weight is 321 g/mol. The molecular formula is C20H19NO3. The van der Waals surface area contributed by atoms with Crippen LogP contribution in [0.5, 0.6) is 17.2 Å². The van der Waals surface area contributed by atoms with Gasteiger partial charge in [-0.2, -0.15) is 0 Å². The largest absolute Gasteiger partial charge is 0.508 e. The fourth-order valence-electron chi connectivity index (χ4n) is 2.66. The lowest BCUT2D eigenvalue weighted by Crippen LogP contribution is -1.99. The molecule has 3 aromatic carbocycles. The van der Waals surface area contributed by atoms with E-state index in [1.54, 1.807) is 24.3 Å². The average Bonchev–Trinajstić information content (AvgIpc) is 2.58. The highest BCUT2D eigenvalue weighted by atomic mass is 16.3. The molecule has 0 amide bonds. The second-order valence-corrected chi connectivity index (χ2v) is 5.83. The lowest BCUT2D eigenvalue weighted by molar-refractivity contribution is 0.471. The number of hydrogen-bond donors (Lipinski definition) is 4. The van der Waals surface area contributed by atoms with E-state index in [0.29, 0.717) is 18.5 Å². The van der Waals surface area contributed by atoms with E-state index in [0.717, 1.165) is 22.3 Å². The molecule has 0 heterocycles. The van der Waals surface area contributed by atoms with Crippen LogP contribution in [0.4, 0.5) is 5.69 Å². The van der Waals surface area contributed by atoms with Crippen LogP contribution in [0, 0.1) is 0 Å². The van der Waals surface area contributed by atoms with Gasteiger partial charge in [-0.25, -0.2) is 0 Å². The molecule has 0 aromatic heterocycles. The fraction of sp³-hybridized carbons (Fsp3) is 0.100. The minimum Gasteiger partial charge on any atom is -0.508 e. The Balaban J connectivity index is 1.82. The highest BCUT2D eigenvalue weighted by molar-refractivity contribution is 5.63. The Labute approximate surface area is 140 Å². The number of benzene rings is 3. The first-order valence-corrected chi connectivity index (χ1v) is 7.68. The fourth-order valence-corrected chi connectivity index (χ4v) is 2.66. The first-order valence-electron chi connectivity index (χ1n) is 7.68. The Bertz CT molecular complexity index is 768. The minimum absolute atomic E-state index is 0.0966. The number of hydrogen-bond acceptors (Lipinski definition) is 4. The van der Waals surface area contributed by atoms with Crippen LogP contribution in [-0.2, 0) is 12.8 Å². The van der Waals surface area contributed by atoms with Gasteiger partial charge in [0.25, 0.3) is 0 Å². The predicted octanol–water partition coefficient (Wildman–Crippen LogP) is 3.57. The second-order valence-electron chi connectivity index (χ2n) is 5.83. The molecule has 3 aromatic rings. The highest BCUT2D eigenvalue weighted by Gasteiger charge is 2.11. The molecular weight excluding hydrogens is 302 g/mol. The standard InChI is InChI=1S/C20H19NO3/c21-19-15(11-13-1-7-17(22)8-2-13)5-6-16(20(19)24)12-14-3-9-18(23)10-4-14/h1-10,22-24H,11-12,21H2. The maximum atomic E-state index is 10.4. The third-order valence-corrected chi connectivity index (χ3v) is 4.05. The van der Waals surface area contributed by atoms with Gasteiger partial charge in [0.05, 0.1) is 5.69 Å². The van der Waals surface area contributed by atoms with Crippen LogP contribution in [-0.4, -0.2) is 15.3 Å². The van der Waals surface area contributed by atoms with Gasteiger partial charge in [0, 0.05) is 12.0 Å². The molecule has 4 heteroatoms. The Morgan fingerprint density at radius 1 is 0.583 bits per heavy atom. The molecule has 0 radical (unpaired) electrons. The van der Waals surface area contributed by atoms with Crippen LogP contribution in [0.15, 0.2) is 60.7 Å². The zero-order valence-corrected chi connectivity index (χ0v) is 13.1. The molecule has 5 N–H and O–H groups in total. The maximum absolute atomic E-state index is 10.4. The molecule has 122 valence electrons. The van der Waals surface area contributed by atoms with Crippen molar-refractivity contribution in [3.63, 3.8) is 0 Å². The summed E-state index contributed by atoms with van der Waals surface area (Å²) in [6.45, 7) is 0. The summed E-state index contributed by atoms with van der Waals surface area (Å²) in [6.07, 6.45) is 1.12. The molecule has 3 rings (SSSR count). The van der Waals surface area contributed by atoms with Crippen LogP contribution in [0.3, 0.4) is 0 Å². The summed E-state index contributed by atoms with van der Waals surface area (Å²) in [5.41, 5.74) is 10.0. The van der Waals surface area contributed by atoms with Gasteiger partial charge in [-0.15, -0.1) is 0 Å². The summed E-state index contributed by atoms with van der Waals surface area (Å²) in [4.78, 5) is 0. The van der Waals surface area contributed by atoms with E-state index in [1.165, 1.54) is 0 Å². The number of rotatable bonds is 4. The highest BCUT2D eigenvalue weighted by Crippen LogP contribution is 2.32. The molecule has 0 bridgehead atoms. The first-order chi connectivity index (χ1) is 11.5. The summed E-state index contributed by atoms with van der Waals surface area (Å²) in [5, 5.41) is 29.1. The van der Waals surface area contributed by atoms with E-state index < -0.39 is 0 Å². The van der Waals surface area contributed by atoms with Gasteiger partial charge in [0.1, 0.15) is 17.2 Å². The Morgan fingerprint density at radius 2 is 1.00 bits per heavy atom. The van der Waals surface area contributed by atoms with Gasteiger partial charge in [0.15, 0.2) is 0 Å². The van der Waals surface area contributed by atoms with Crippen LogP contribution < -0.4 is 5.73 Å². The molecule has 0 aliphatic carbocycles. The summed E-state index contributed by atoms with van der Waals surface area (Å²) in [5.74, 6) is 0.532. The second kappa shape index (κ2) is 6.54. The van der Waals surface area contributed by atoms with Crippen LogP contribution in [0.2, 0.25) is 0 Å². The molecule has 0 fully saturated rings. The number of phenolic OH excluding ortho intramolecular Hbond substituents is 3. The summed E-state index contributed by atoms with van der Waals surface area (Å²) in [6, 6.07) is 17.6. The molecule has 0 saturated carbocycles. The van der Waals surface area contributed by atoms with Gasteiger partial charge >= 0.3 is 0 Å². The van der Waals surface area contributed by atoms with Crippen molar-refractivity contribution in [2.75, 3.05) is 5.73 Å². The first kappa shape index (κ1) is 15.7. The van der Waals surface area contributed by atoms with Crippen molar-refractivity contribution < 1.29 is 15.3 Å². The summed E-state index contributed by atoms with van der Waals surface area (Å²) >= 11 is 0. The SMILES string of the molecule is Nc1c(Cc2ccc(O)cc2)ccc(Cc2ccc(O)cc2)c1O. The number of aromatic hydroxyl groups is 3. The summed E-state index contributed by atoms with van der Waals surface area (Å²) in [7, 11) is 0. The molecule has 4 nitrogen and oxygen atoms in total. The quantitative estimate of drug-likeness (QED) is 0.437. The van der Waals surface area contributed by atoms with E-state index in [2.05, 4.69) is 0 Å². The van der Waals surface area contributed by atoms with Crippen molar-refractivity contribution in [3.05, 3.63) is 82.9 Å². The van der Waals surface area contributed by atoms with Gasteiger partial charge in [-0.1, -0.05) is 36.4 Å². The monoisotopic (exact) mass is 321 g/mol. The third-order valence-electron chi connectivity index (χ3n) is 4.05. The Morgan fingerprint density at radius 3 is 1.50 bits per heavy atom. The predicted molar refractivity (Wildman–Crippen MR) is 94.3 cm³/mol. The smallest absolute Gasteiger partial charge is 0.142 e. The molecule has 0 aliphatic heterocycles. The normalized spacial score (nSPS) is 10.7. The van der Waals surface area contributed by atoms with E-state index in [9.17, 15) is 15.3 Å². The van der Waals surface area contributed by atoms with E-state index in [-0.39, 0.29) is 17.2 Å². The van der Waals surface area contributed by atoms with Crippen molar-refractivity contribution in [2.45, 2.75) is 12.8 Å². The van der Waals surface area contributed by atoms with E-state index in [1.807, 2.05) is 36.4 Å². The van der Waals surface area contributed by atoms with Crippen LogP contribution in [0.25, 0.3) is 0 Å². The molecule has 0 saturated heterocycles. The lowest BCUT2D eigenvalue weighted by atomic mass is 9.97. The van der Waals surface area contributed by atoms with Gasteiger partial charge in [-0.3, -0.25) is 0 Å². The van der Waals surface area contributed by atoms with Gasteiger partial charge in [0.2, 0.25) is 0 Å². The molecule has 0 atom stereocenters. The number of nitrogens with two attached hydrogens (primary N) is 1. The maximum Gasteiger partial charge on any atom is 0.142 e. The number of phenols is 3. The molecule has 0 aliphatic rings. The summed E-state index contributed by atoms with van der Waals surface area (Å²) < 4.78 is 0. The van der Waals surface area contributed by atoms with E-state index >= 15 is 0 Å². The number of nitrogen functional groups attached to an aromatic ring is 1. The topological polar surface area (TPSA) is 86.7 Å². The Kier molecular flexibility index (Phi) is 4.29. The van der Waals surface area contributed by atoms with Gasteiger partial charge < -0.3 is 21.1 Å². The van der Waals surface area contributed by atoms with E-state index in [4.69, 9.17) is 5.73 Å². The van der Waals surface area contributed by atoms with Crippen molar-refractivity contribution in [1.82, 2.24) is 0 Å². The van der Waals surface area contributed by atoms with Crippen LogP contribution in [0.1, 0.15) is 22.3 Å². The minimum atomic E-state index is 0.0966. The molecule has 0 unspecified atom stereocenters. The van der Waals surface area contributed by atoms with Crippen molar-refractivity contribution >= 4 is 5.69 Å². The zero-order valence-electron chi connectivity index (χ0n) is 13.1. The number of anilines is 1. The molecule has 24 heavy (non-hydrogen) atoms. The van der Waals surface area contributed by atoms with Gasteiger partial charge in [-0.05, 0) is 47.4 Å². The lowest BCUT2D eigenvalue weighted by Gasteiger charge is -2.12. The zero-order chi connectivity index (χ0) is 17.1. The Hall–Kier alpha value is -3.14. The van der Waals surface area contributed by atoms with Crippen LogP contribution >= 0.6 is 0 Å². The molecule has 0 spiro atoms. The van der Waals surface area contributed by atoms with Crippen molar-refractivity contribution in [1.29, 1.82) is 0 Å². The van der Waals surface area contributed by atoms with Crippen molar-refractivity contribution in [2.24, 2.45) is 0 Å². The third kappa shape index (κ3) is 3.43.